The Hall–Kier alpha value is -1.06. The first-order chi connectivity index (χ1) is 9.30. The van der Waals surface area contributed by atoms with Crippen LogP contribution >= 0.6 is 0 Å². The average molecular weight is 265 g/mol. The molecular weight excluding hydrogens is 238 g/mol. The lowest BCUT2D eigenvalue weighted by atomic mass is 10.0. The fraction of sp³-hybridized carbons (Fsp3) is 0.625. The maximum absolute atomic E-state index is 9.03. The van der Waals surface area contributed by atoms with Gasteiger partial charge in [-0.3, -0.25) is 0 Å². The van der Waals surface area contributed by atoms with Gasteiger partial charge in [-0.2, -0.15) is 0 Å². The monoisotopic (exact) mass is 265 g/mol. The first-order valence-corrected chi connectivity index (χ1v) is 7.33. The molecular formula is C16H27NO2. The van der Waals surface area contributed by atoms with Gasteiger partial charge in [0, 0.05) is 13.2 Å². The summed E-state index contributed by atoms with van der Waals surface area (Å²) in [6, 6.07) is 8.20. The Morgan fingerprint density at radius 2 is 2.11 bits per heavy atom. The second kappa shape index (κ2) is 9.82. The minimum atomic E-state index is 0.284. The molecule has 0 aromatic heterocycles. The zero-order chi connectivity index (χ0) is 13.9. The van der Waals surface area contributed by atoms with Gasteiger partial charge >= 0.3 is 0 Å². The van der Waals surface area contributed by atoms with E-state index in [0.717, 1.165) is 25.3 Å². The van der Waals surface area contributed by atoms with Crippen molar-refractivity contribution < 1.29 is 9.84 Å². The molecule has 1 rings (SSSR count). The lowest BCUT2D eigenvalue weighted by molar-refractivity contribution is 0.248. The third-order valence-electron chi connectivity index (χ3n) is 3.21. The van der Waals surface area contributed by atoms with Gasteiger partial charge in [0.15, 0.2) is 0 Å². The highest BCUT2D eigenvalue weighted by Crippen LogP contribution is 2.14. The van der Waals surface area contributed by atoms with Crippen LogP contribution in [0.4, 0.5) is 0 Å². The van der Waals surface area contributed by atoms with Crippen LogP contribution in [-0.2, 0) is 6.54 Å². The Balaban J connectivity index is 2.36. The van der Waals surface area contributed by atoms with Crippen LogP contribution in [-0.4, -0.2) is 24.9 Å². The summed E-state index contributed by atoms with van der Waals surface area (Å²) < 4.78 is 5.49. The van der Waals surface area contributed by atoms with Gasteiger partial charge in [-0.05, 0) is 49.9 Å². The van der Waals surface area contributed by atoms with E-state index in [1.54, 1.807) is 0 Å². The van der Waals surface area contributed by atoms with E-state index in [2.05, 4.69) is 24.4 Å². The fourth-order valence-corrected chi connectivity index (χ4v) is 2.27. The van der Waals surface area contributed by atoms with Crippen LogP contribution in [0.1, 0.15) is 38.7 Å². The van der Waals surface area contributed by atoms with Gasteiger partial charge in [0.25, 0.3) is 0 Å². The molecule has 2 N–H and O–H groups in total. The summed E-state index contributed by atoms with van der Waals surface area (Å²) in [5.74, 6) is 1.51. The molecule has 3 heteroatoms. The molecule has 0 spiro atoms. The van der Waals surface area contributed by atoms with Crippen LogP contribution in [0.15, 0.2) is 24.3 Å². The lowest BCUT2D eigenvalue weighted by Gasteiger charge is -2.16. The molecule has 0 fully saturated rings. The first-order valence-electron chi connectivity index (χ1n) is 7.33. The molecule has 1 atom stereocenters. The summed E-state index contributed by atoms with van der Waals surface area (Å²) in [5.41, 5.74) is 1.24. The standard InChI is InChI=1S/C16H27NO2/c1-3-6-14(9-10-18)12-17-13-15-7-5-8-16(11-15)19-4-2/h5,7-8,11,14,17-18H,3-4,6,9-10,12-13H2,1-2H3. The molecule has 0 aliphatic carbocycles. The van der Waals surface area contributed by atoms with E-state index in [0.29, 0.717) is 12.5 Å². The Bertz CT molecular complexity index is 335. The number of benzene rings is 1. The molecule has 0 bridgehead atoms. The van der Waals surface area contributed by atoms with Crippen LogP contribution < -0.4 is 10.1 Å². The van der Waals surface area contributed by atoms with E-state index in [9.17, 15) is 0 Å². The topological polar surface area (TPSA) is 41.5 Å². The molecule has 3 nitrogen and oxygen atoms in total. The lowest BCUT2D eigenvalue weighted by Crippen LogP contribution is -2.23. The summed E-state index contributed by atoms with van der Waals surface area (Å²) in [5, 5.41) is 12.5. The second-order valence-electron chi connectivity index (χ2n) is 4.88. The zero-order valence-corrected chi connectivity index (χ0v) is 12.2. The molecule has 0 aliphatic rings. The maximum Gasteiger partial charge on any atom is 0.119 e. The minimum Gasteiger partial charge on any atom is -0.494 e. The normalized spacial score (nSPS) is 12.4. The number of ether oxygens (including phenoxy) is 1. The van der Waals surface area contributed by atoms with Crippen molar-refractivity contribution in [1.82, 2.24) is 5.32 Å². The van der Waals surface area contributed by atoms with E-state index in [1.165, 1.54) is 18.4 Å². The number of nitrogens with one attached hydrogen (secondary N) is 1. The van der Waals surface area contributed by atoms with Crippen molar-refractivity contribution in [3.8, 4) is 5.75 Å². The summed E-state index contributed by atoms with van der Waals surface area (Å²) in [6.07, 6.45) is 3.23. The van der Waals surface area contributed by atoms with Gasteiger partial charge in [0.1, 0.15) is 5.75 Å². The molecule has 0 amide bonds. The highest BCUT2D eigenvalue weighted by atomic mass is 16.5. The molecule has 0 saturated heterocycles. The third kappa shape index (κ3) is 6.60. The second-order valence-corrected chi connectivity index (χ2v) is 4.88. The van der Waals surface area contributed by atoms with Crippen LogP contribution in [0.3, 0.4) is 0 Å². The van der Waals surface area contributed by atoms with Gasteiger partial charge in [0.2, 0.25) is 0 Å². The molecule has 0 aliphatic heterocycles. The number of hydrogen-bond donors (Lipinski definition) is 2. The van der Waals surface area contributed by atoms with Crippen LogP contribution in [0.5, 0.6) is 5.75 Å². The van der Waals surface area contributed by atoms with Crippen molar-refractivity contribution >= 4 is 0 Å². The van der Waals surface area contributed by atoms with Crippen molar-refractivity contribution in [2.24, 2.45) is 5.92 Å². The SMILES string of the molecule is CCCC(CCO)CNCc1cccc(OCC)c1. The van der Waals surface area contributed by atoms with Gasteiger partial charge < -0.3 is 15.2 Å². The minimum absolute atomic E-state index is 0.284. The molecule has 108 valence electrons. The first kappa shape index (κ1) is 16.0. The smallest absolute Gasteiger partial charge is 0.119 e. The molecule has 19 heavy (non-hydrogen) atoms. The van der Waals surface area contributed by atoms with E-state index in [-0.39, 0.29) is 6.61 Å². The van der Waals surface area contributed by atoms with Gasteiger partial charge in [-0.15, -0.1) is 0 Å². The van der Waals surface area contributed by atoms with Crippen LogP contribution in [0.2, 0.25) is 0 Å². The van der Waals surface area contributed by atoms with E-state index >= 15 is 0 Å². The van der Waals surface area contributed by atoms with E-state index < -0.39 is 0 Å². The van der Waals surface area contributed by atoms with Gasteiger partial charge in [-0.25, -0.2) is 0 Å². The van der Waals surface area contributed by atoms with Crippen LogP contribution in [0.25, 0.3) is 0 Å². The molecule has 1 aromatic rings. The van der Waals surface area contributed by atoms with E-state index in [4.69, 9.17) is 9.84 Å². The summed E-state index contributed by atoms with van der Waals surface area (Å²) in [4.78, 5) is 0. The molecule has 1 unspecified atom stereocenters. The van der Waals surface area contributed by atoms with Gasteiger partial charge in [-0.1, -0.05) is 25.5 Å². The molecule has 0 saturated carbocycles. The highest BCUT2D eigenvalue weighted by Gasteiger charge is 2.06. The number of rotatable bonds is 10. The van der Waals surface area contributed by atoms with E-state index in [1.807, 2.05) is 19.1 Å². The molecule has 0 radical (unpaired) electrons. The zero-order valence-electron chi connectivity index (χ0n) is 12.2. The Morgan fingerprint density at radius 3 is 2.79 bits per heavy atom. The Kier molecular flexibility index (Phi) is 8.26. The number of hydrogen-bond acceptors (Lipinski definition) is 3. The third-order valence-corrected chi connectivity index (χ3v) is 3.21. The molecule has 1 aromatic carbocycles. The van der Waals surface area contributed by atoms with Gasteiger partial charge in [0.05, 0.1) is 6.61 Å². The summed E-state index contributed by atoms with van der Waals surface area (Å²) in [7, 11) is 0. The van der Waals surface area contributed by atoms with Crippen molar-refractivity contribution in [3.63, 3.8) is 0 Å². The number of aliphatic hydroxyl groups excluding tert-OH is 1. The quantitative estimate of drug-likeness (QED) is 0.683. The largest absolute Gasteiger partial charge is 0.494 e. The van der Waals surface area contributed by atoms with Crippen molar-refractivity contribution in [3.05, 3.63) is 29.8 Å². The summed E-state index contributed by atoms with van der Waals surface area (Å²) >= 11 is 0. The summed E-state index contributed by atoms with van der Waals surface area (Å²) in [6.45, 7) is 6.99. The average Bonchev–Trinajstić information content (AvgIpc) is 2.40. The Morgan fingerprint density at radius 1 is 1.26 bits per heavy atom. The predicted octanol–water partition coefficient (Wildman–Crippen LogP) is 2.97. The predicted molar refractivity (Wildman–Crippen MR) is 79.4 cm³/mol. The van der Waals surface area contributed by atoms with Crippen molar-refractivity contribution in [2.75, 3.05) is 19.8 Å². The highest BCUT2D eigenvalue weighted by molar-refractivity contribution is 5.28. The number of aliphatic hydroxyl groups is 1. The van der Waals surface area contributed by atoms with Crippen molar-refractivity contribution in [2.45, 2.75) is 39.7 Å². The Labute approximate surface area is 117 Å². The van der Waals surface area contributed by atoms with Crippen molar-refractivity contribution in [1.29, 1.82) is 0 Å². The van der Waals surface area contributed by atoms with Crippen LogP contribution in [0, 0.1) is 5.92 Å². The maximum atomic E-state index is 9.03. The molecule has 0 heterocycles. The fourth-order valence-electron chi connectivity index (χ4n) is 2.27.